The lowest BCUT2D eigenvalue weighted by molar-refractivity contribution is 0.422. The maximum absolute atomic E-state index is 12.2. The standard InChI is InChI=1S/C15H25ClN4O/c1-3-7-17-12-6-5-9-19(11-12)13-10-18-20(8-4-2)15(21)14(13)16/h10,12,17H,3-9,11H2,1-2H3. The van der Waals surface area contributed by atoms with E-state index in [0.29, 0.717) is 17.6 Å². The normalized spacial score (nSPS) is 19.0. The van der Waals surface area contributed by atoms with Crippen molar-refractivity contribution in [3.63, 3.8) is 0 Å². The quantitative estimate of drug-likeness (QED) is 0.875. The number of piperidine rings is 1. The largest absolute Gasteiger partial charge is 0.367 e. The van der Waals surface area contributed by atoms with Gasteiger partial charge in [0.25, 0.3) is 5.56 Å². The lowest BCUT2D eigenvalue weighted by atomic mass is 10.1. The average molecular weight is 313 g/mol. The fourth-order valence-corrected chi connectivity index (χ4v) is 3.02. The minimum atomic E-state index is -0.181. The monoisotopic (exact) mass is 312 g/mol. The van der Waals surface area contributed by atoms with Crippen LogP contribution < -0.4 is 15.8 Å². The smallest absolute Gasteiger partial charge is 0.287 e. The Morgan fingerprint density at radius 2 is 2.24 bits per heavy atom. The predicted octanol–water partition coefficient (Wildman–Crippen LogP) is 2.28. The molecule has 0 aliphatic carbocycles. The highest BCUT2D eigenvalue weighted by atomic mass is 35.5. The highest BCUT2D eigenvalue weighted by Crippen LogP contribution is 2.24. The van der Waals surface area contributed by atoms with Gasteiger partial charge >= 0.3 is 0 Å². The minimum Gasteiger partial charge on any atom is -0.367 e. The summed E-state index contributed by atoms with van der Waals surface area (Å²) in [6.45, 7) is 7.65. The molecule has 1 atom stereocenters. The van der Waals surface area contributed by atoms with Crippen LogP contribution in [0.15, 0.2) is 11.0 Å². The molecule has 1 aliphatic heterocycles. The second-order valence-corrected chi connectivity index (χ2v) is 5.99. The van der Waals surface area contributed by atoms with Gasteiger partial charge in [0.15, 0.2) is 0 Å². The number of nitrogens with zero attached hydrogens (tertiary/aromatic N) is 3. The Morgan fingerprint density at radius 3 is 2.95 bits per heavy atom. The summed E-state index contributed by atoms with van der Waals surface area (Å²) in [7, 11) is 0. The SMILES string of the molecule is CCCNC1CCCN(c2cnn(CCC)c(=O)c2Cl)C1. The maximum atomic E-state index is 12.2. The van der Waals surface area contributed by atoms with Crippen LogP contribution in [0.25, 0.3) is 0 Å². The van der Waals surface area contributed by atoms with E-state index in [1.165, 1.54) is 11.1 Å². The summed E-state index contributed by atoms with van der Waals surface area (Å²) >= 11 is 6.28. The molecule has 6 heteroatoms. The Morgan fingerprint density at radius 1 is 1.43 bits per heavy atom. The zero-order valence-corrected chi connectivity index (χ0v) is 13.7. The third-order valence-electron chi connectivity index (χ3n) is 3.85. The Hall–Kier alpha value is -1.07. The first-order valence-electron chi connectivity index (χ1n) is 7.91. The van der Waals surface area contributed by atoms with Crippen LogP contribution >= 0.6 is 11.6 Å². The first-order chi connectivity index (χ1) is 10.2. The van der Waals surface area contributed by atoms with E-state index in [9.17, 15) is 4.79 Å². The highest BCUT2D eigenvalue weighted by molar-refractivity contribution is 6.33. The molecule has 0 spiro atoms. The van der Waals surface area contributed by atoms with Crippen LogP contribution in [0.3, 0.4) is 0 Å². The highest BCUT2D eigenvalue weighted by Gasteiger charge is 2.22. The number of aryl methyl sites for hydroxylation is 1. The van der Waals surface area contributed by atoms with Gasteiger partial charge in [-0.3, -0.25) is 4.79 Å². The van der Waals surface area contributed by atoms with Gasteiger partial charge in [-0.05, 0) is 32.2 Å². The Kier molecular flexibility index (Phi) is 6.06. The van der Waals surface area contributed by atoms with E-state index in [-0.39, 0.29) is 5.56 Å². The molecule has 1 saturated heterocycles. The molecule has 21 heavy (non-hydrogen) atoms. The predicted molar refractivity (Wildman–Crippen MR) is 87.3 cm³/mol. The maximum Gasteiger partial charge on any atom is 0.287 e. The number of hydrogen-bond acceptors (Lipinski definition) is 4. The van der Waals surface area contributed by atoms with E-state index in [4.69, 9.17) is 11.6 Å². The number of nitrogens with one attached hydrogen (secondary N) is 1. The molecule has 0 aromatic carbocycles. The fourth-order valence-electron chi connectivity index (χ4n) is 2.76. The van der Waals surface area contributed by atoms with Gasteiger partial charge in [-0.15, -0.1) is 0 Å². The van der Waals surface area contributed by atoms with Crippen molar-refractivity contribution in [3.8, 4) is 0 Å². The zero-order valence-electron chi connectivity index (χ0n) is 12.9. The molecule has 0 radical (unpaired) electrons. The molecule has 1 N–H and O–H groups in total. The molecule has 0 amide bonds. The summed E-state index contributed by atoms with van der Waals surface area (Å²) in [5, 5.41) is 8.10. The van der Waals surface area contributed by atoms with Gasteiger partial charge in [-0.1, -0.05) is 25.4 Å². The third-order valence-corrected chi connectivity index (χ3v) is 4.20. The molecule has 0 saturated carbocycles. The average Bonchev–Trinajstić information content (AvgIpc) is 2.50. The van der Waals surface area contributed by atoms with Gasteiger partial charge in [0, 0.05) is 25.7 Å². The molecule has 1 aromatic rings. The molecule has 1 fully saturated rings. The zero-order chi connectivity index (χ0) is 15.2. The second-order valence-electron chi connectivity index (χ2n) is 5.61. The fraction of sp³-hybridized carbons (Fsp3) is 0.733. The van der Waals surface area contributed by atoms with E-state index in [1.807, 2.05) is 6.92 Å². The number of rotatable bonds is 6. The van der Waals surface area contributed by atoms with E-state index < -0.39 is 0 Å². The molecular weight excluding hydrogens is 288 g/mol. The van der Waals surface area contributed by atoms with Crippen LogP contribution in [0, 0.1) is 0 Å². The van der Waals surface area contributed by atoms with Crippen LogP contribution in [0.2, 0.25) is 5.02 Å². The van der Waals surface area contributed by atoms with E-state index >= 15 is 0 Å². The molecule has 1 unspecified atom stereocenters. The summed E-state index contributed by atoms with van der Waals surface area (Å²) < 4.78 is 1.45. The molecule has 1 aromatic heterocycles. The van der Waals surface area contributed by atoms with E-state index in [0.717, 1.165) is 44.6 Å². The second kappa shape index (κ2) is 7.80. The van der Waals surface area contributed by atoms with Crippen molar-refractivity contribution in [1.82, 2.24) is 15.1 Å². The van der Waals surface area contributed by atoms with Gasteiger partial charge in [-0.25, -0.2) is 4.68 Å². The molecule has 5 nitrogen and oxygen atoms in total. The summed E-state index contributed by atoms with van der Waals surface area (Å²) in [6, 6.07) is 0.466. The van der Waals surface area contributed by atoms with Gasteiger partial charge in [0.2, 0.25) is 0 Å². The minimum absolute atomic E-state index is 0.181. The van der Waals surface area contributed by atoms with Gasteiger partial charge in [-0.2, -0.15) is 5.10 Å². The van der Waals surface area contributed by atoms with Crippen LogP contribution in [0.1, 0.15) is 39.5 Å². The lowest BCUT2D eigenvalue weighted by Gasteiger charge is -2.35. The third kappa shape index (κ3) is 3.98. The number of hydrogen-bond donors (Lipinski definition) is 1. The molecule has 1 aliphatic rings. The van der Waals surface area contributed by atoms with Crippen molar-refractivity contribution in [2.75, 3.05) is 24.5 Å². The van der Waals surface area contributed by atoms with Crippen LogP contribution in [-0.2, 0) is 6.54 Å². The van der Waals surface area contributed by atoms with Crippen LogP contribution in [0.4, 0.5) is 5.69 Å². The molecule has 2 heterocycles. The molecule has 0 bridgehead atoms. The van der Waals surface area contributed by atoms with Crippen molar-refractivity contribution in [2.45, 2.75) is 52.1 Å². The number of anilines is 1. The lowest BCUT2D eigenvalue weighted by Crippen LogP contribution is -2.46. The van der Waals surface area contributed by atoms with Crippen molar-refractivity contribution in [2.24, 2.45) is 0 Å². The molecule has 118 valence electrons. The molecular formula is C15H25ClN4O. The van der Waals surface area contributed by atoms with Gasteiger partial charge in [0.05, 0.1) is 11.9 Å². The van der Waals surface area contributed by atoms with E-state index in [2.05, 4.69) is 22.2 Å². The van der Waals surface area contributed by atoms with Crippen molar-refractivity contribution >= 4 is 17.3 Å². The molecule has 2 rings (SSSR count). The number of aromatic nitrogens is 2. The van der Waals surface area contributed by atoms with Crippen molar-refractivity contribution in [1.29, 1.82) is 0 Å². The van der Waals surface area contributed by atoms with Crippen molar-refractivity contribution < 1.29 is 0 Å². The summed E-state index contributed by atoms with van der Waals surface area (Å²) in [5.74, 6) is 0. The van der Waals surface area contributed by atoms with E-state index in [1.54, 1.807) is 6.20 Å². The van der Waals surface area contributed by atoms with Gasteiger partial charge < -0.3 is 10.2 Å². The van der Waals surface area contributed by atoms with Crippen LogP contribution in [0.5, 0.6) is 0 Å². The van der Waals surface area contributed by atoms with Gasteiger partial charge in [0.1, 0.15) is 5.02 Å². The first-order valence-corrected chi connectivity index (χ1v) is 8.29. The topological polar surface area (TPSA) is 50.2 Å². The Balaban J connectivity index is 2.14. The van der Waals surface area contributed by atoms with Crippen molar-refractivity contribution in [3.05, 3.63) is 21.6 Å². The Labute approximate surface area is 131 Å². The Bertz CT molecular complexity index is 517. The summed E-state index contributed by atoms with van der Waals surface area (Å²) in [4.78, 5) is 14.4. The summed E-state index contributed by atoms with van der Waals surface area (Å²) in [6.07, 6.45) is 6.02. The first kappa shape index (κ1) is 16.3. The summed E-state index contributed by atoms with van der Waals surface area (Å²) in [5.41, 5.74) is 0.594. The van der Waals surface area contributed by atoms with Crippen LogP contribution in [-0.4, -0.2) is 35.5 Å². The number of halogens is 1.